The first-order valence-corrected chi connectivity index (χ1v) is 9.37. The van der Waals surface area contributed by atoms with Crippen molar-refractivity contribution >= 4 is 19.7 Å². The van der Waals surface area contributed by atoms with E-state index in [2.05, 4.69) is 19.6 Å². The van der Waals surface area contributed by atoms with Crippen molar-refractivity contribution in [2.45, 2.75) is 25.7 Å². The number of halogens is 2. The van der Waals surface area contributed by atoms with Crippen molar-refractivity contribution in [2.75, 3.05) is 6.61 Å². The van der Waals surface area contributed by atoms with Gasteiger partial charge in [-0.1, -0.05) is 37.3 Å². The van der Waals surface area contributed by atoms with Crippen LogP contribution in [0.15, 0.2) is 18.2 Å². The Morgan fingerprint density at radius 3 is 2.62 bits per heavy atom. The normalized spacial score (nSPS) is 11.8. The Morgan fingerprint density at radius 2 is 2.06 bits per heavy atom. The zero-order chi connectivity index (χ0) is 12.2. The summed E-state index contributed by atoms with van der Waals surface area (Å²) in [6.45, 7) is 8.85. The van der Waals surface area contributed by atoms with Gasteiger partial charge in [-0.05, 0) is 18.2 Å². The average Bonchev–Trinajstić information content (AvgIpc) is 2.14. The molecular formula is C12H17ClFOSi. The molecule has 0 saturated carbocycles. The molecule has 1 aromatic rings. The molecule has 1 nitrogen and oxygen atoms in total. The summed E-state index contributed by atoms with van der Waals surface area (Å²) < 4.78 is 18.7. The van der Waals surface area contributed by atoms with Crippen LogP contribution in [0.5, 0.6) is 0 Å². The lowest BCUT2D eigenvalue weighted by molar-refractivity contribution is 0.226. The number of ether oxygens (including phenoxy) is 1. The van der Waals surface area contributed by atoms with Gasteiger partial charge in [0.05, 0.1) is 0 Å². The van der Waals surface area contributed by atoms with Crippen molar-refractivity contribution in [1.82, 2.24) is 0 Å². The first kappa shape index (κ1) is 13.7. The minimum absolute atomic E-state index is 0.333. The largest absolute Gasteiger partial charge is 0.371 e. The van der Waals surface area contributed by atoms with E-state index in [1.165, 1.54) is 12.7 Å². The third kappa shape index (κ3) is 4.64. The highest BCUT2D eigenvalue weighted by Gasteiger charge is 2.13. The molecule has 0 aliphatic rings. The molecule has 16 heavy (non-hydrogen) atoms. The molecule has 1 radical (unpaired) electrons. The minimum Gasteiger partial charge on any atom is -0.371 e. The van der Waals surface area contributed by atoms with E-state index in [0.717, 1.165) is 6.04 Å². The van der Waals surface area contributed by atoms with Gasteiger partial charge < -0.3 is 4.74 Å². The molecule has 0 unspecified atom stereocenters. The predicted molar refractivity (Wildman–Crippen MR) is 68.9 cm³/mol. The fourth-order valence-electron chi connectivity index (χ4n) is 1.13. The highest BCUT2D eigenvalue weighted by Crippen LogP contribution is 2.21. The molecule has 0 bridgehead atoms. The Morgan fingerprint density at radius 1 is 1.38 bits per heavy atom. The lowest BCUT2D eigenvalue weighted by Gasteiger charge is -2.15. The van der Waals surface area contributed by atoms with Crippen LogP contribution in [0, 0.1) is 12.4 Å². The number of rotatable bonds is 5. The average molecular weight is 260 g/mol. The molecule has 0 aliphatic heterocycles. The summed E-state index contributed by atoms with van der Waals surface area (Å²) in [5.74, 6) is -0.347. The van der Waals surface area contributed by atoms with E-state index in [9.17, 15) is 4.39 Å². The molecule has 0 N–H and O–H groups in total. The Bertz CT molecular complexity index is 329. The summed E-state index contributed by atoms with van der Waals surface area (Å²) in [6, 6.07) is 5.66. The maximum atomic E-state index is 13.3. The van der Waals surface area contributed by atoms with Gasteiger partial charge in [0.25, 0.3) is 0 Å². The van der Waals surface area contributed by atoms with E-state index >= 15 is 0 Å². The van der Waals surface area contributed by atoms with Crippen molar-refractivity contribution in [3.05, 3.63) is 41.2 Å². The molecule has 0 aromatic heterocycles. The van der Waals surface area contributed by atoms with Crippen LogP contribution in [-0.4, -0.2) is 14.7 Å². The van der Waals surface area contributed by atoms with Crippen LogP contribution in [0.1, 0.15) is 5.56 Å². The van der Waals surface area contributed by atoms with E-state index in [1.807, 2.05) is 0 Å². The van der Waals surface area contributed by atoms with Crippen LogP contribution >= 0.6 is 11.6 Å². The Balaban J connectivity index is 2.43. The van der Waals surface area contributed by atoms with Crippen molar-refractivity contribution in [1.29, 1.82) is 0 Å². The van der Waals surface area contributed by atoms with Gasteiger partial charge in [0, 0.05) is 25.3 Å². The van der Waals surface area contributed by atoms with E-state index in [1.54, 1.807) is 12.1 Å². The van der Waals surface area contributed by atoms with E-state index in [4.69, 9.17) is 16.3 Å². The first-order chi connectivity index (χ1) is 7.40. The second kappa shape index (κ2) is 5.80. The highest BCUT2D eigenvalue weighted by atomic mass is 35.5. The van der Waals surface area contributed by atoms with Crippen molar-refractivity contribution in [3.8, 4) is 0 Å². The third-order valence-corrected chi connectivity index (χ3v) is 4.20. The molecular weight excluding hydrogens is 243 g/mol. The van der Waals surface area contributed by atoms with Gasteiger partial charge in [-0.25, -0.2) is 4.39 Å². The van der Waals surface area contributed by atoms with Gasteiger partial charge in [0.2, 0.25) is 0 Å². The van der Waals surface area contributed by atoms with E-state index in [-0.39, 0.29) is 5.82 Å². The van der Waals surface area contributed by atoms with Gasteiger partial charge in [-0.2, -0.15) is 0 Å². The van der Waals surface area contributed by atoms with Gasteiger partial charge in [0.1, 0.15) is 12.4 Å². The highest BCUT2D eigenvalue weighted by molar-refractivity contribution is 6.76. The minimum atomic E-state index is -1.09. The molecule has 89 valence electrons. The molecule has 0 aliphatic carbocycles. The smallest absolute Gasteiger partial charge is 0.130 e. The molecule has 0 spiro atoms. The fourth-order valence-corrected chi connectivity index (χ4v) is 2.07. The summed E-state index contributed by atoms with van der Waals surface area (Å²) in [4.78, 5) is 0. The lowest BCUT2D eigenvalue weighted by Crippen LogP contribution is -2.21. The summed E-state index contributed by atoms with van der Waals surface area (Å²) >= 11 is 5.86. The maximum absolute atomic E-state index is 13.3. The number of hydrogen-bond donors (Lipinski definition) is 0. The van der Waals surface area contributed by atoms with E-state index in [0.29, 0.717) is 17.2 Å². The zero-order valence-corrected chi connectivity index (χ0v) is 11.6. The zero-order valence-electron chi connectivity index (χ0n) is 9.89. The first-order valence-electron chi connectivity index (χ1n) is 5.29. The molecule has 1 rings (SSSR count). The van der Waals surface area contributed by atoms with Gasteiger partial charge in [0.15, 0.2) is 0 Å². The van der Waals surface area contributed by atoms with Crippen molar-refractivity contribution in [3.63, 3.8) is 0 Å². The van der Waals surface area contributed by atoms with Crippen LogP contribution in [-0.2, 0) is 4.74 Å². The van der Waals surface area contributed by atoms with Crippen molar-refractivity contribution in [2.24, 2.45) is 0 Å². The number of hydrogen-bond acceptors (Lipinski definition) is 1. The second-order valence-corrected chi connectivity index (χ2v) is 11.0. The lowest BCUT2D eigenvalue weighted by atomic mass is 10.2. The van der Waals surface area contributed by atoms with Gasteiger partial charge in [-0.15, -0.1) is 0 Å². The van der Waals surface area contributed by atoms with Crippen LogP contribution < -0.4 is 0 Å². The van der Waals surface area contributed by atoms with Crippen LogP contribution in [0.4, 0.5) is 4.39 Å². The summed E-state index contributed by atoms with van der Waals surface area (Å²) in [6.07, 6.45) is 0. The van der Waals surface area contributed by atoms with Gasteiger partial charge >= 0.3 is 0 Å². The SMILES string of the molecule is C[Si](C)(C)CCO[CH]c1c(F)cccc1Cl. The maximum Gasteiger partial charge on any atom is 0.130 e. The molecule has 0 heterocycles. The summed E-state index contributed by atoms with van der Waals surface area (Å²) in [7, 11) is -1.09. The van der Waals surface area contributed by atoms with Crippen LogP contribution in [0.2, 0.25) is 30.7 Å². The topological polar surface area (TPSA) is 9.23 Å². The summed E-state index contributed by atoms with van der Waals surface area (Å²) in [5, 5.41) is 0.382. The molecule has 0 fully saturated rings. The number of benzene rings is 1. The van der Waals surface area contributed by atoms with E-state index < -0.39 is 8.07 Å². The predicted octanol–water partition coefficient (Wildman–Crippen LogP) is 4.34. The Kier molecular flexibility index (Phi) is 4.96. The fraction of sp³-hybridized carbons (Fsp3) is 0.417. The Hall–Kier alpha value is -0.383. The third-order valence-electron chi connectivity index (χ3n) is 2.17. The van der Waals surface area contributed by atoms with Gasteiger partial charge in [-0.3, -0.25) is 0 Å². The molecule has 4 heteroatoms. The van der Waals surface area contributed by atoms with Crippen LogP contribution in [0.25, 0.3) is 0 Å². The molecule has 0 atom stereocenters. The molecule has 0 amide bonds. The summed E-state index contributed by atoms with van der Waals surface area (Å²) in [5.41, 5.74) is 0.333. The van der Waals surface area contributed by atoms with Crippen LogP contribution in [0.3, 0.4) is 0 Å². The molecule has 0 saturated heterocycles. The quantitative estimate of drug-likeness (QED) is 0.565. The monoisotopic (exact) mass is 259 g/mol. The molecule has 1 aromatic carbocycles. The standard InChI is InChI=1S/C12H17ClFOSi/c1-16(2,3)8-7-15-9-10-11(13)5-4-6-12(10)14/h4-6,9H,7-8H2,1-3H3. The Labute approximate surface area is 103 Å². The second-order valence-electron chi connectivity index (χ2n) is 4.93. The van der Waals surface area contributed by atoms with Crippen molar-refractivity contribution < 1.29 is 9.13 Å².